The van der Waals surface area contributed by atoms with E-state index in [1.807, 2.05) is 0 Å². The van der Waals surface area contributed by atoms with E-state index in [0.717, 1.165) is 0 Å². The number of nitrogens with one attached hydrogen (secondary N) is 2. The van der Waals surface area contributed by atoms with Crippen molar-refractivity contribution in [2.75, 3.05) is 0 Å². The fourth-order valence-electron chi connectivity index (χ4n) is 1.68. The van der Waals surface area contributed by atoms with Gasteiger partial charge in [0, 0.05) is 6.54 Å². The van der Waals surface area contributed by atoms with Gasteiger partial charge in [-0.1, -0.05) is 12.1 Å². The van der Waals surface area contributed by atoms with Gasteiger partial charge in [-0.3, -0.25) is 5.10 Å². The third-order valence-corrected chi connectivity index (χ3v) is 4.23. The first-order valence-corrected chi connectivity index (χ1v) is 7.20. The predicted molar refractivity (Wildman–Crippen MR) is 70.8 cm³/mol. The molecule has 0 aliphatic carbocycles. The van der Waals surface area contributed by atoms with Crippen LogP contribution < -0.4 is 4.72 Å². The lowest BCUT2D eigenvalue weighted by Crippen LogP contribution is -2.23. The second kappa shape index (κ2) is 5.43. The van der Waals surface area contributed by atoms with Crippen LogP contribution >= 0.6 is 0 Å². The molecule has 3 N–H and O–H groups in total. The summed E-state index contributed by atoms with van der Waals surface area (Å²) in [4.78, 5) is 10.9. The van der Waals surface area contributed by atoms with Gasteiger partial charge in [0.2, 0.25) is 10.0 Å². The van der Waals surface area contributed by atoms with Crippen LogP contribution in [0.5, 0.6) is 0 Å². The number of aromatic carboxylic acids is 1. The van der Waals surface area contributed by atoms with Crippen LogP contribution in [0.25, 0.3) is 0 Å². The maximum atomic E-state index is 12.0. The zero-order chi connectivity index (χ0) is 14.8. The Morgan fingerprint density at radius 1 is 1.45 bits per heavy atom. The van der Waals surface area contributed by atoms with Crippen molar-refractivity contribution < 1.29 is 18.3 Å². The topological polar surface area (TPSA) is 112 Å². The minimum absolute atomic E-state index is 0.00801. The van der Waals surface area contributed by atoms with Crippen LogP contribution in [0.1, 0.15) is 21.6 Å². The Balaban J connectivity index is 2.15. The molecule has 0 radical (unpaired) electrons. The lowest BCUT2D eigenvalue weighted by atomic mass is 10.1. The highest BCUT2D eigenvalue weighted by molar-refractivity contribution is 7.89. The number of carboxylic acid groups (broad SMARTS) is 1. The normalized spacial score (nSPS) is 11.4. The summed E-state index contributed by atoms with van der Waals surface area (Å²) in [6.45, 7) is 1.61. The maximum Gasteiger partial charge on any atom is 0.335 e. The number of sulfonamides is 1. The van der Waals surface area contributed by atoms with Gasteiger partial charge in [-0.2, -0.15) is 5.10 Å². The van der Waals surface area contributed by atoms with Crippen molar-refractivity contribution in [3.63, 3.8) is 0 Å². The van der Waals surface area contributed by atoms with E-state index < -0.39 is 16.0 Å². The first-order chi connectivity index (χ1) is 9.40. The molecule has 1 heterocycles. The number of aryl methyl sites for hydroxylation is 1. The molecule has 0 saturated heterocycles. The number of hydrogen-bond acceptors (Lipinski definition) is 4. The highest BCUT2D eigenvalue weighted by Gasteiger charge is 2.18. The number of nitrogens with zero attached hydrogens (tertiary/aromatic N) is 1. The summed E-state index contributed by atoms with van der Waals surface area (Å²) in [5.41, 5.74) is 1.12. The number of hydrogen-bond donors (Lipinski definition) is 3. The van der Waals surface area contributed by atoms with E-state index in [4.69, 9.17) is 5.11 Å². The van der Waals surface area contributed by atoms with Crippen LogP contribution in [0.4, 0.5) is 0 Å². The van der Waals surface area contributed by atoms with Gasteiger partial charge in [0.15, 0.2) is 0 Å². The van der Waals surface area contributed by atoms with Crippen molar-refractivity contribution in [3.05, 3.63) is 47.3 Å². The average Bonchev–Trinajstić information content (AvgIpc) is 2.84. The third kappa shape index (κ3) is 3.03. The van der Waals surface area contributed by atoms with Crippen LogP contribution in [0.15, 0.2) is 35.4 Å². The molecule has 0 fully saturated rings. The second-order valence-corrected chi connectivity index (χ2v) is 5.92. The third-order valence-electron chi connectivity index (χ3n) is 2.71. The van der Waals surface area contributed by atoms with E-state index >= 15 is 0 Å². The van der Waals surface area contributed by atoms with Gasteiger partial charge in [-0.05, 0) is 24.6 Å². The maximum absolute atomic E-state index is 12.0. The van der Waals surface area contributed by atoms with E-state index in [-0.39, 0.29) is 17.0 Å². The minimum atomic E-state index is -3.67. The molecule has 0 aliphatic heterocycles. The smallest absolute Gasteiger partial charge is 0.335 e. The van der Waals surface area contributed by atoms with Gasteiger partial charge >= 0.3 is 5.97 Å². The largest absolute Gasteiger partial charge is 0.478 e. The van der Waals surface area contributed by atoms with Gasteiger partial charge in [0.05, 0.1) is 17.5 Å². The highest BCUT2D eigenvalue weighted by atomic mass is 32.2. The second-order valence-electron chi connectivity index (χ2n) is 4.19. The van der Waals surface area contributed by atoms with Gasteiger partial charge in [-0.25, -0.2) is 17.9 Å². The molecule has 0 aliphatic rings. The Bertz CT molecular complexity index is 737. The van der Waals surface area contributed by atoms with E-state index in [9.17, 15) is 13.2 Å². The summed E-state index contributed by atoms with van der Waals surface area (Å²) in [7, 11) is -3.67. The Morgan fingerprint density at radius 3 is 2.80 bits per heavy atom. The monoisotopic (exact) mass is 295 g/mol. The molecule has 106 valence electrons. The van der Waals surface area contributed by atoms with Crippen LogP contribution in [0, 0.1) is 6.92 Å². The highest BCUT2D eigenvalue weighted by Crippen LogP contribution is 2.12. The zero-order valence-electron chi connectivity index (χ0n) is 10.6. The molecule has 1 aromatic carbocycles. The number of H-pyrrole nitrogens is 1. The fourth-order valence-corrected chi connectivity index (χ4v) is 2.83. The van der Waals surface area contributed by atoms with E-state index in [2.05, 4.69) is 14.9 Å². The summed E-state index contributed by atoms with van der Waals surface area (Å²) in [5, 5.41) is 15.1. The molecule has 1 aromatic heterocycles. The Hall–Kier alpha value is -2.19. The van der Waals surface area contributed by atoms with Gasteiger partial charge in [0.25, 0.3) is 0 Å². The molecule has 7 nitrogen and oxygen atoms in total. The lowest BCUT2D eigenvalue weighted by molar-refractivity contribution is 0.0696. The standard InChI is InChI=1S/C12H13N3O4S/c1-8-11(7-13-15-8)20(18,19)14-6-9-3-2-4-10(5-9)12(16)17/h2-5,7,14H,6H2,1H3,(H,13,15)(H,16,17). The number of aromatic amines is 1. The summed E-state index contributed by atoms with van der Waals surface area (Å²) in [6, 6.07) is 6.08. The quantitative estimate of drug-likeness (QED) is 0.758. The van der Waals surface area contributed by atoms with E-state index in [0.29, 0.717) is 11.3 Å². The molecule has 0 unspecified atom stereocenters. The summed E-state index contributed by atoms with van der Waals surface area (Å²) in [5.74, 6) is -1.06. The molecule has 0 saturated carbocycles. The Kier molecular flexibility index (Phi) is 3.86. The van der Waals surface area contributed by atoms with Crippen LogP contribution in [0.2, 0.25) is 0 Å². The molecule has 2 aromatic rings. The molecular weight excluding hydrogens is 282 g/mol. The predicted octanol–water partition coefficient (Wildman–Crippen LogP) is 0.895. The van der Waals surface area contributed by atoms with Crippen molar-refractivity contribution in [1.82, 2.24) is 14.9 Å². The summed E-state index contributed by atoms with van der Waals surface area (Å²) < 4.78 is 26.4. The molecule has 0 amide bonds. The van der Waals surface area contributed by atoms with Gasteiger partial charge in [0.1, 0.15) is 4.90 Å². The Labute approximate surface area is 115 Å². The molecule has 2 rings (SSSR count). The first kappa shape index (κ1) is 14.2. The fraction of sp³-hybridized carbons (Fsp3) is 0.167. The Morgan fingerprint density at radius 2 is 2.20 bits per heavy atom. The molecule has 0 bridgehead atoms. The minimum Gasteiger partial charge on any atom is -0.478 e. The van der Waals surface area contributed by atoms with E-state index in [1.165, 1.54) is 18.3 Å². The van der Waals surface area contributed by atoms with Gasteiger partial charge in [-0.15, -0.1) is 0 Å². The van der Waals surface area contributed by atoms with Gasteiger partial charge < -0.3 is 5.11 Å². The van der Waals surface area contributed by atoms with Crippen molar-refractivity contribution in [1.29, 1.82) is 0 Å². The molecular formula is C12H13N3O4S. The SMILES string of the molecule is Cc1[nH]ncc1S(=O)(=O)NCc1cccc(C(=O)O)c1. The number of benzene rings is 1. The molecule has 0 spiro atoms. The number of carboxylic acids is 1. The lowest BCUT2D eigenvalue weighted by Gasteiger charge is -2.06. The van der Waals surface area contributed by atoms with E-state index in [1.54, 1.807) is 19.1 Å². The van der Waals surface area contributed by atoms with Crippen LogP contribution in [-0.2, 0) is 16.6 Å². The van der Waals surface area contributed by atoms with Crippen LogP contribution in [0.3, 0.4) is 0 Å². The summed E-state index contributed by atoms with van der Waals surface area (Å²) in [6.07, 6.45) is 1.23. The van der Waals surface area contributed by atoms with Crippen molar-refractivity contribution in [2.24, 2.45) is 0 Å². The van der Waals surface area contributed by atoms with Crippen molar-refractivity contribution in [3.8, 4) is 0 Å². The first-order valence-electron chi connectivity index (χ1n) is 5.72. The molecule has 20 heavy (non-hydrogen) atoms. The average molecular weight is 295 g/mol. The molecule has 0 atom stereocenters. The summed E-state index contributed by atoms with van der Waals surface area (Å²) >= 11 is 0. The van der Waals surface area contributed by atoms with Crippen molar-refractivity contribution in [2.45, 2.75) is 18.4 Å². The van der Waals surface area contributed by atoms with Crippen molar-refractivity contribution >= 4 is 16.0 Å². The molecule has 8 heteroatoms. The number of aromatic nitrogens is 2. The zero-order valence-corrected chi connectivity index (χ0v) is 11.4. The van der Waals surface area contributed by atoms with Crippen LogP contribution in [-0.4, -0.2) is 29.7 Å². The number of rotatable bonds is 5. The number of carbonyl (C=O) groups is 1.